The van der Waals surface area contributed by atoms with E-state index in [1.54, 1.807) is 0 Å². The number of benzene rings is 2. The van der Waals surface area contributed by atoms with Gasteiger partial charge >= 0.3 is 0 Å². The fourth-order valence-electron chi connectivity index (χ4n) is 2.87. The molecule has 0 saturated heterocycles. The predicted molar refractivity (Wildman–Crippen MR) is 114 cm³/mol. The van der Waals surface area contributed by atoms with Crippen LogP contribution in [0.15, 0.2) is 58.3 Å². The first-order valence-electron chi connectivity index (χ1n) is 8.67. The van der Waals surface area contributed by atoms with Crippen molar-refractivity contribution >= 4 is 28.0 Å². The van der Waals surface area contributed by atoms with Crippen molar-refractivity contribution in [3.8, 4) is 0 Å². The van der Waals surface area contributed by atoms with Crippen LogP contribution >= 0.6 is 17.9 Å². The number of hydrogen-bond donors (Lipinski definition) is 3. The van der Waals surface area contributed by atoms with Gasteiger partial charge in [0, 0.05) is 29.3 Å². The second-order valence-electron chi connectivity index (χ2n) is 7.28. The van der Waals surface area contributed by atoms with Crippen LogP contribution in [0.25, 0.3) is 0 Å². The monoisotopic (exact) mass is 460 g/mol. The summed E-state index contributed by atoms with van der Waals surface area (Å²) in [5, 5.41) is 0. The van der Waals surface area contributed by atoms with Gasteiger partial charge in [0.15, 0.2) is 0 Å². The molecular formula is C20H29O2PS2Zn. The molecule has 0 saturated carbocycles. The number of thiol groups is 1. The quantitative estimate of drug-likeness (QED) is 0.293. The van der Waals surface area contributed by atoms with Gasteiger partial charge in [0.05, 0.1) is 0 Å². The summed E-state index contributed by atoms with van der Waals surface area (Å²) in [7, 11) is -0.824. The number of hydrogen-bond acceptors (Lipinski definition) is 0. The van der Waals surface area contributed by atoms with Crippen molar-refractivity contribution in [1.82, 2.24) is 0 Å². The predicted octanol–water partition coefficient (Wildman–Crippen LogP) is 5.71. The Balaban J connectivity index is 0.00000338. The molecule has 2 aromatic rings. The van der Waals surface area contributed by atoms with Crippen LogP contribution in [-0.2, 0) is 42.4 Å². The van der Waals surface area contributed by atoms with E-state index < -0.39 is 15.8 Å². The smallest absolute Gasteiger partial charge is 0.207 e. The third kappa shape index (κ3) is 7.26. The average Bonchev–Trinajstić information content (AvgIpc) is 2.48. The summed E-state index contributed by atoms with van der Waals surface area (Å²) in [5.41, 5.74) is -0.789. The van der Waals surface area contributed by atoms with E-state index in [0.717, 1.165) is 22.6 Å². The topological polar surface area (TPSA) is 40.5 Å². The Labute approximate surface area is 178 Å². The van der Waals surface area contributed by atoms with E-state index in [1.807, 2.05) is 24.3 Å². The van der Waals surface area contributed by atoms with E-state index in [2.05, 4.69) is 64.2 Å². The Morgan fingerprint density at radius 1 is 0.769 bits per heavy atom. The maximum atomic E-state index is 10.4. The van der Waals surface area contributed by atoms with Crippen molar-refractivity contribution in [2.45, 2.75) is 50.3 Å². The van der Waals surface area contributed by atoms with Crippen LogP contribution in [0, 0.1) is 11.8 Å². The van der Waals surface area contributed by atoms with Gasteiger partial charge in [-0.05, 0) is 60.1 Å². The zero-order chi connectivity index (χ0) is 18.6. The molecule has 2 N–H and O–H groups in total. The van der Waals surface area contributed by atoms with Crippen molar-refractivity contribution < 1.29 is 29.3 Å². The van der Waals surface area contributed by atoms with E-state index in [-0.39, 0.29) is 19.5 Å². The second-order valence-corrected chi connectivity index (χ2v) is 14.9. The van der Waals surface area contributed by atoms with E-state index in [1.165, 1.54) is 11.1 Å². The van der Waals surface area contributed by atoms with Gasteiger partial charge in [-0.3, -0.25) is 0 Å². The second kappa shape index (κ2) is 10.6. The normalized spacial score (nSPS) is 11.9. The van der Waals surface area contributed by atoms with Gasteiger partial charge in [0.1, 0.15) is 0 Å². The molecule has 6 heteroatoms. The first-order valence-corrected chi connectivity index (χ1v) is 13.3. The molecule has 0 aromatic heterocycles. The van der Waals surface area contributed by atoms with Crippen molar-refractivity contribution in [2.75, 3.05) is 0 Å². The van der Waals surface area contributed by atoms with Crippen molar-refractivity contribution in [1.29, 1.82) is 0 Å². The first kappa shape index (κ1) is 24.2. The van der Waals surface area contributed by atoms with Gasteiger partial charge in [0.25, 0.3) is 0 Å². The summed E-state index contributed by atoms with van der Waals surface area (Å²) < 4.78 is 0. The van der Waals surface area contributed by atoms with Crippen LogP contribution in [0.4, 0.5) is 0 Å². The molecule has 2 nitrogen and oxygen atoms in total. The number of rotatable bonds is 6. The standard InChI is InChI=1S/C20H29O2PS2.Zn/c1-15(2)13-17-5-9-19(10-6-17)25(23(21,22)24)20-11-7-18(8-12-20)14-16(3)4;/h5-12,15-16,21-22,24H,13-14H2,1-4H3;. The molecule has 0 amide bonds. The molecule has 2 rings (SSSR count). The maximum absolute atomic E-state index is 10.4. The van der Waals surface area contributed by atoms with E-state index in [4.69, 9.17) is 0 Å². The van der Waals surface area contributed by atoms with Gasteiger partial charge in [0.2, 0.25) is 5.69 Å². The van der Waals surface area contributed by atoms with Crippen molar-refractivity contribution in [3.63, 3.8) is 0 Å². The molecule has 0 fully saturated rings. The van der Waals surface area contributed by atoms with Crippen LogP contribution in [0.5, 0.6) is 0 Å². The molecule has 0 aliphatic heterocycles. The summed E-state index contributed by atoms with van der Waals surface area (Å²) in [6.07, 6.45) is 2.05. The van der Waals surface area contributed by atoms with E-state index >= 15 is 0 Å². The first-order chi connectivity index (χ1) is 11.7. The van der Waals surface area contributed by atoms with Gasteiger partial charge < -0.3 is 9.79 Å². The Morgan fingerprint density at radius 2 is 1.08 bits per heavy atom. The summed E-state index contributed by atoms with van der Waals surface area (Å²) in [4.78, 5) is 22.6. The zero-order valence-corrected chi connectivity index (χ0v) is 21.7. The fraction of sp³-hybridized carbons (Fsp3) is 0.400. The molecule has 26 heavy (non-hydrogen) atoms. The molecule has 0 spiro atoms. The SMILES string of the molecule is CC(C)Cc1ccc(S(c2ccc(CC(C)C)cc2)=P(O)(O)S)cc1.[Zn]. The molecule has 0 radical (unpaired) electrons. The Morgan fingerprint density at radius 3 is 1.31 bits per heavy atom. The Bertz CT molecular complexity index is 687. The maximum Gasteiger partial charge on any atom is 0.207 e. The van der Waals surface area contributed by atoms with E-state index in [0.29, 0.717) is 11.8 Å². The third-order valence-corrected chi connectivity index (χ3v) is 9.96. The zero-order valence-electron chi connectivity index (χ0n) is 16.1. The molecule has 0 heterocycles. The van der Waals surface area contributed by atoms with Crippen LogP contribution in [0.3, 0.4) is 0 Å². The molecule has 0 atom stereocenters. The van der Waals surface area contributed by atoms with Crippen LogP contribution < -0.4 is 0 Å². The van der Waals surface area contributed by atoms with Crippen molar-refractivity contribution in [2.24, 2.45) is 11.8 Å². The molecule has 0 aliphatic carbocycles. The van der Waals surface area contributed by atoms with Gasteiger partial charge in [-0.15, -0.1) is 0 Å². The molecular weight excluding hydrogens is 433 g/mol. The molecule has 2 aromatic carbocycles. The van der Waals surface area contributed by atoms with Gasteiger partial charge in [-0.2, -0.15) is 0 Å². The summed E-state index contributed by atoms with van der Waals surface area (Å²) >= 11 is 4.17. The van der Waals surface area contributed by atoms with Gasteiger partial charge in [-0.25, -0.2) is 0 Å². The Kier molecular flexibility index (Phi) is 9.85. The molecule has 0 aliphatic rings. The van der Waals surface area contributed by atoms with Crippen LogP contribution in [0.2, 0.25) is 0 Å². The summed E-state index contributed by atoms with van der Waals surface area (Å²) in [5.74, 6) is 1.20. The average molecular weight is 462 g/mol. The van der Waals surface area contributed by atoms with E-state index in [9.17, 15) is 9.79 Å². The summed E-state index contributed by atoms with van der Waals surface area (Å²) in [6, 6.07) is 16.4. The molecule has 0 bridgehead atoms. The minimum atomic E-state index is -3.33. The third-order valence-electron chi connectivity index (χ3n) is 3.83. The summed E-state index contributed by atoms with van der Waals surface area (Å²) in [6.45, 7) is 8.79. The molecule has 140 valence electrons. The van der Waals surface area contributed by atoms with Crippen LogP contribution in [-0.4, -0.2) is 9.79 Å². The minimum absolute atomic E-state index is 0. The minimum Gasteiger partial charge on any atom is -0.341 e. The van der Waals surface area contributed by atoms with Gasteiger partial charge in [-0.1, -0.05) is 74.3 Å². The Hall–Kier alpha value is 0.113. The fourth-order valence-corrected chi connectivity index (χ4v) is 8.62. The van der Waals surface area contributed by atoms with Crippen molar-refractivity contribution in [3.05, 3.63) is 59.7 Å². The largest absolute Gasteiger partial charge is 0.341 e. The molecule has 0 unspecified atom stereocenters. The van der Waals surface area contributed by atoms with Crippen LogP contribution in [0.1, 0.15) is 38.8 Å².